The van der Waals surface area contributed by atoms with Crippen LogP contribution in [0.4, 0.5) is 0 Å². The van der Waals surface area contributed by atoms with E-state index in [2.05, 4.69) is 13.8 Å². The lowest BCUT2D eigenvalue weighted by Crippen LogP contribution is -2.20. The minimum atomic E-state index is -3.82. The van der Waals surface area contributed by atoms with Crippen LogP contribution in [0.25, 0.3) is 0 Å². The molecule has 0 aliphatic carbocycles. The molecule has 4 heteroatoms. The highest BCUT2D eigenvalue weighted by Gasteiger charge is 2.20. The summed E-state index contributed by atoms with van der Waals surface area (Å²) in [5, 5.41) is 0. The van der Waals surface area contributed by atoms with Crippen molar-refractivity contribution in [3.63, 3.8) is 0 Å². The zero-order chi connectivity index (χ0) is 11.4. The molecule has 0 fully saturated rings. The molecule has 1 atom stereocenters. The van der Waals surface area contributed by atoms with E-state index in [1.54, 1.807) is 0 Å². The van der Waals surface area contributed by atoms with E-state index in [1.165, 1.54) is 0 Å². The maximum absolute atomic E-state index is 10.7. The van der Waals surface area contributed by atoms with Crippen molar-refractivity contribution < 1.29 is 13.0 Å². The van der Waals surface area contributed by atoms with Crippen molar-refractivity contribution in [2.45, 2.75) is 40.5 Å². The quantitative estimate of drug-likeness (QED) is 0.703. The second-order valence-electron chi connectivity index (χ2n) is 4.72. The highest BCUT2D eigenvalue weighted by atomic mass is 32.2. The summed E-state index contributed by atoms with van der Waals surface area (Å²) >= 11 is 0. The Morgan fingerprint density at radius 3 is 1.86 bits per heavy atom. The summed E-state index contributed by atoms with van der Waals surface area (Å²) in [6, 6.07) is 0. The summed E-state index contributed by atoms with van der Waals surface area (Å²) in [5.41, 5.74) is 0. The molecule has 0 bridgehead atoms. The van der Waals surface area contributed by atoms with Crippen LogP contribution in [0.1, 0.15) is 40.5 Å². The highest BCUT2D eigenvalue weighted by molar-refractivity contribution is 7.85. The summed E-state index contributed by atoms with van der Waals surface area (Å²) < 4.78 is 30.3. The average molecular weight is 222 g/mol. The first kappa shape index (κ1) is 13.9. The minimum absolute atomic E-state index is 0.0763. The average Bonchev–Trinajstić information content (AvgIpc) is 1.94. The molecule has 0 spiro atoms. The molecule has 0 aromatic rings. The lowest BCUT2D eigenvalue weighted by molar-refractivity contribution is 0.349. The Morgan fingerprint density at radius 1 is 1.07 bits per heavy atom. The largest absolute Gasteiger partial charge is 0.286 e. The lowest BCUT2D eigenvalue weighted by atomic mass is 9.90. The van der Waals surface area contributed by atoms with Gasteiger partial charge in [-0.3, -0.25) is 4.55 Å². The normalized spacial score (nSPS) is 15.1. The third kappa shape index (κ3) is 7.33. The van der Waals surface area contributed by atoms with Crippen molar-refractivity contribution in [3.8, 4) is 0 Å². The Labute approximate surface area is 87.7 Å². The lowest BCUT2D eigenvalue weighted by Gasteiger charge is -2.20. The fourth-order valence-electron chi connectivity index (χ4n) is 1.43. The molecule has 0 aromatic heterocycles. The SMILES string of the molecule is CC(C)CCC(CS(=O)(=O)O)C(C)C. The molecule has 1 unspecified atom stereocenters. The van der Waals surface area contributed by atoms with Gasteiger partial charge in [-0.05, 0) is 24.2 Å². The van der Waals surface area contributed by atoms with E-state index in [0.29, 0.717) is 11.8 Å². The molecule has 0 aliphatic heterocycles. The van der Waals surface area contributed by atoms with Gasteiger partial charge in [-0.1, -0.05) is 34.1 Å². The van der Waals surface area contributed by atoms with Crippen LogP contribution in [-0.4, -0.2) is 18.7 Å². The number of rotatable bonds is 6. The molecule has 0 amide bonds. The summed E-state index contributed by atoms with van der Waals surface area (Å²) in [5.74, 6) is 0.859. The first-order chi connectivity index (χ1) is 6.22. The molecule has 0 radical (unpaired) electrons. The Balaban J connectivity index is 4.17. The van der Waals surface area contributed by atoms with E-state index < -0.39 is 10.1 Å². The van der Waals surface area contributed by atoms with Gasteiger partial charge in [0.15, 0.2) is 0 Å². The molecule has 0 saturated heterocycles. The van der Waals surface area contributed by atoms with Crippen LogP contribution in [-0.2, 0) is 10.1 Å². The van der Waals surface area contributed by atoms with Crippen LogP contribution >= 0.6 is 0 Å². The maximum Gasteiger partial charge on any atom is 0.265 e. The summed E-state index contributed by atoms with van der Waals surface area (Å²) in [6.45, 7) is 8.22. The smallest absolute Gasteiger partial charge is 0.265 e. The Bertz CT molecular complexity index is 242. The van der Waals surface area contributed by atoms with Crippen molar-refractivity contribution in [2.24, 2.45) is 17.8 Å². The maximum atomic E-state index is 10.7. The van der Waals surface area contributed by atoms with Gasteiger partial charge >= 0.3 is 0 Å². The first-order valence-corrected chi connectivity index (χ1v) is 6.78. The van der Waals surface area contributed by atoms with Crippen molar-refractivity contribution in [1.29, 1.82) is 0 Å². The third-order valence-corrected chi connectivity index (χ3v) is 3.33. The van der Waals surface area contributed by atoms with Crippen LogP contribution < -0.4 is 0 Å². The second-order valence-corrected chi connectivity index (χ2v) is 6.22. The van der Waals surface area contributed by atoms with E-state index in [0.717, 1.165) is 12.8 Å². The van der Waals surface area contributed by atoms with Gasteiger partial charge in [0.2, 0.25) is 0 Å². The molecular formula is C10H22O3S. The van der Waals surface area contributed by atoms with Gasteiger partial charge in [-0.25, -0.2) is 0 Å². The van der Waals surface area contributed by atoms with Gasteiger partial charge < -0.3 is 0 Å². The molecule has 0 saturated carbocycles. The molecule has 0 aromatic carbocycles. The van der Waals surface area contributed by atoms with Crippen molar-refractivity contribution in [3.05, 3.63) is 0 Å². The third-order valence-electron chi connectivity index (χ3n) is 2.48. The summed E-state index contributed by atoms with van der Waals surface area (Å²) in [4.78, 5) is 0. The predicted molar refractivity (Wildman–Crippen MR) is 58.8 cm³/mol. The van der Waals surface area contributed by atoms with Gasteiger partial charge in [0, 0.05) is 0 Å². The molecule has 3 nitrogen and oxygen atoms in total. The number of hydrogen-bond acceptors (Lipinski definition) is 2. The first-order valence-electron chi connectivity index (χ1n) is 5.17. The van der Waals surface area contributed by atoms with Crippen LogP contribution in [0, 0.1) is 17.8 Å². The fourth-order valence-corrected chi connectivity index (χ4v) is 2.52. The summed E-state index contributed by atoms with van der Waals surface area (Å²) in [6.07, 6.45) is 1.88. The van der Waals surface area contributed by atoms with Crippen molar-refractivity contribution in [2.75, 3.05) is 5.75 Å². The zero-order valence-corrected chi connectivity index (χ0v) is 10.3. The van der Waals surface area contributed by atoms with Gasteiger partial charge in [-0.15, -0.1) is 0 Å². The van der Waals surface area contributed by atoms with Crippen molar-refractivity contribution >= 4 is 10.1 Å². The summed E-state index contributed by atoms with van der Waals surface area (Å²) in [7, 11) is -3.82. The van der Waals surface area contributed by atoms with E-state index in [1.807, 2.05) is 13.8 Å². The van der Waals surface area contributed by atoms with Gasteiger partial charge in [0.05, 0.1) is 5.75 Å². The molecule has 0 rings (SSSR count). The van der Waals surface area contributed by atoms with Gasteiger partial charge in [0.1, 0.15) is 0 Å². The Hall–Kier alpha value is -0.0900. The van der Waals surface area contributed by atoms with E-state index in [-0.39, 0.29) is 11.7 Å². The number of hydrogen-bond donors (Lipinski definition) is 1. The van der Waals surface area contributed by atoms with E-state index >= 15 is 0 Å². The molecule has 14 heavy (non-hydrogen) atoms. The topological polar surface area (TPSA) is 54.4 Å². The van der Waals surface area contributed by atoms with E-state index in [9.17, 15) is 8.42 Å². The zero-order valence-electron chi connectivity index (χ0n) is 9.53. The highest BCUT2D eigenvalue weighted by Crippen LogP contribution is 2.21. The van der Waals surface area contributed by atoms with Crippen LogP contribution in [0.3, 0.4) is 0 Å². The fraction of sp³-hybridized carbons (Fsp3) is 1.00. The molecule has 1 N–H and O–H groups in total. The molecule has 0 heterocycles. The van der Waals surface area contributed by atoms with E-state index in [4.69, 9.17) is 4.55 Å². The second kappa shape index (κ2) is 5.71. The Morgan fingerprint density at radius 2 is 1.57 bits per heavy atom. The van der Waals surface area contributed by atoms with Crippen LogP contribution in [0.2, 0.25) is 0 Å². The van der Waals surface area contributed by atoms with Crippen LogP contribution in [0.5, 0.6) is 0 Å². The van der Waals surface area contributed by atoms with Gasteiger partial charge in [0.25, 0.3) is 10.1 Å². The molecular weight excluding hydrogens is 200 g/mol. The minimum Gasteiger partial charge on any atom is -0.286 e. The van der Waals surface area contributed by atoms with Crippen LogP contribution in [0.15, 0.2) is 0 Å². The Kier molecular flexibility index (Phi) is 5.67. The standard InChI is InChI=1S/C10H22O3S/c1-8(2)5-6-10(9(3)4)7-14(11,12)13/h8-10H,5-7H2,1-4H3,(H,11,12,13). The molecule has 86 valence electrons. The monoisotopic (exact) mass is 222 g/mol. The van der Waals surface area contributed by atoms with Gasteiger partial charge in [-0.2, -0.15) is 8.42 Å². The van der Waals surface area contributed by atoms with Crippen molar-refractivity contribution in [1.82, 2.24) is 0 Å². The molecule has 0 aliphatic rings. The predicted octanol–water partition coefficient (Wildman–Crippen LogP) is 2.58.